The van der Waals surface area contributed by atoms with Crippen LogP contribution >= 0.6 is 0 Å². The molecule has 2 aromatic rings. The average molecular weight is 385 g/mol. The summed E-state index contributed by atoms with van der Waals surface area (Å²) in [6.45, 7) is 2.13. The molecule has 142 valence electrons. The highest BCUT2D eigenvalue weighted by Gasteiger charge is 2.34. The van der Waals surface area contributed by atoms with Gasteiger partial charge < -0.3 is 0 Å². The third-order valence-corrected chi connectivity index (χ3v) is 5.41. The molecule has 0 aliphatic carbocycles. The van der Waals surface area contributed by atoms with E-state index in [2.05, 4.69) is 6.92 Å². The van der Waals surface area contributed by atoms with Crippen molar-refractivity contribution in [1.29, 1.82) is 0 Å². The molecule has 3 nitrogen and oxygen atoms in total. The zero-order valence-corrected chi connectivity index (χ0v) is 15.3. The van der Waals surface area contributed by atoms with E-state index < -0.39 is 27.5 Å². The molecule has 0 aliphatic heterocycles. The maximum Gasteiger partial charge on any atom is 0.418 e. The Morgan fingerprint density at radius 3 is 2.19 bits per heavy atom. The molecular formula is C19H22F3NO2S. The smallest absolute Gasteiger partial charge is 0.279 e. The summed E-state index contributed by atoms with van der Waals surface area (Å²) in [7, 11) is -4.09. The van der Waals surface area contributed by atoms with Crippen LogP contribution in [0.3, 0.4) is 0 Å². The summed E-state index contributed by atoms with van der Waals surface area (Å²) in [5, 5.41) is 0. The minimum Gasteiger partial charge on any atom is -0.279 e. The number of hydrogen-bond donors (Lipinski definition) is 1. The van der Waals surface area contributed by atoms with Crippen LogP contribution in [0.5, 0.6) is 0 Å². The van der Waals surface area contributed by atoms with Gasteiger partial charge >= 0.3 is 6.18 Å². The van der Waals surface area contributed by atoms with E-state index in [1.807, 2.05) is 4.72 Å². The lowest BCUT2D eigenvalue weighted by Crippen LogP contribution is -2.17. The maximum absolute atomic E-state index is 13.0. The number of alkyl halides is 3. The summed E-state index contributed by atoms with van der Waals surface area (Å²) in [5.74, 6) is 0. The highest BCUT2D eigenvalue weighted by Crippen LogP contribution is 2.35. The largest absolute Gasteiger partial charge is 0.418 e. The van der Waals surface area contributed by atoms with Crippen LogP contribution in [0.4, 0.5) is 18.9 Å². The normalized spacial score (nSPS) is 12.2. The Kier molecular flexibility index (Phi) is 6.69. The Morgan fingerprint density at radius 2 is 1.58 bits per heavy atom. The van der Waals surface area contributed by atoms with Crippen LogP contribution in [0.25, 0.3) is 0 Å². The van der Waals surface area contributed by atoms with Crippen molar-refractivity contribution in [2.75, 3.05) is 4.72 Å². The second-order valence-electron chi connectivity index (χ2n) is 6.10. The first-order valence-electron chi connectivity index (χ1n) is 8.52. The number of rotatable bonds is 8. The van der Waals surface area contributed by atoms with Crippen molar-refractivity contribution in [2.45, 2.75) is 50.1 Å². The second-order valence-corrected chi connectivity index (χ2v) is 7.79. The fraction of sp³-hybridized carbons (Fsp3) is 0.368. The maximum atomic E-state index is 13.0. The standard InChI is InChI=1S/C19H22F3NO2S/c1-2-3-4-5-8-15-11-13-16(14-12-15)26(24,25)23-18-10-7-6-9-17(18)19(20,21)22/h6-7,9-14,23H,2-5,8H2,1H3. The fourth-order valence-electron chi connectivity index (χ4n) is 2.61. The van der Waals surface area contributed by atoms with Crippen molar-refractivity contribution in [3.63, 3.8) is 0 Å². The van der Waals surface area contributed by atoms with Crippen LogP contribution < -0.4 is 4.72 Å². The molecule has 0 radical (unpaired) electrons. The zero-order chi connectivity index (χ0) is 19.2. The number of halogens is 3. The Morgan fingerprint density at radius 1 is 0.923 bits per heavy atom. The fourth-order valence-corrected chi connectivity index (χ4v) is 3.69. The molecule has 0 unspecified atom stereocenters. The van der Waals surface area contributed by atoms with Crippen LogP contribution in [0.1, 0.15) is 43.7 Å². The molecule has 0 fully saturated rings. The van der Waals surface area contributed by atoms with Crippen LogP contribution in [0, 0.1) is 0 Å². The van der Waals surface area contributed by atoms with Gasteiger partial charge in [-0.2, -0.15) is 13.2 Å². The van der Waals surface area contributed by atoms with Crippen molar-refractivity contribution in [3.05, 3.63) is 59.7 Å². The zero-order valence-electron chi connectivity index (χ0n) is 14.5. The number of sulfonamides is 1. The van der Waals surface area contributed by atoms with Crippen LogP contribution in [-0.2, 0) is 22.6 Å². The van der Waals surface area contributed by atoms with Crippen molar-refractivity contribution >= 4 is 15.7 Å². The van der Waals surface area contributed by atoms with Gasteiger partial charge in [-0.25, -0.2) is 8.42 Å². The molecule has 0 atom stereocenters. The number of unbranched alkanes of at least 4 members (excludes halogenated alkanes) is 3. The van der Waals surface area contributed by atoms with Gasteiger partial charge in [-0.15, -0.1) is 0 Å². The molecule has 0 amide bonds. The summed E-state index contributed by atoms with van der Waals surface area (Å²) in [4.78, 5) is -0.0632. The lowest BCUT2D eigenvalue weighted by molar-refractivity contribution is -0.136. The monoisotopic (exact) mass is 385 g/mol. The summed E-state index contributed by atoms with van der Waals surface area (Å²) in [6, 6.07) is 10.8. The van der Waals surface area contributed by atoms with Crippen molar-refractivity contribution in [3.8, 4) is 0 Å². The van der Waals surface area contributed by atoms with E-state index >= 15 is 0 Å². The summed E-state index contributed by atoms with van der Waals surface area (Å²) < 4.78 is 65.9. The third kappa shape index (κ3) is 5.49. The van der Waals surface area contributed by atoms with Gasteiger partial charge in [0.2, 0.25) is 0 Å². The van der Waals surface area contributed by atoms with Gasteiger partial charge in [0.15, 0.2) is 0 Å². The van der Waals surface area contributed by atoms with E-state index in [1.54, 1.807) is 12.1 Å². The SMILES string of the molecule is CCCCCCc1ccc(S(=O)(=O)Nc2ccccc2C(F)(F)F)cc1. The third-order valence-electron chi connectivity index (χ3n) is 4.03. The number of nitrogens with one attached hydrogen (secondary N) is 1. The highest BCUT2D eigenvalue weighted by atomic mass is 32.2. The van der Waals surface area contributed by atoms with Gasteiger partial charge in [0.05, 0.1) is 16.1 Å². The molecule has 0 saturated heterocycles. The van der Waals surface area contributed by atoms with Crippen LogP contribution in [-0.4, -0.2) is 8.42 Å². The Labute approximate surface area is 152 Å². The lowest BCUT2D eigenvalue weighted by Gasteiger charge is -2.14. The predicted molar refractivity (Wildman–Crippen MR) is 96.5 cm³/mol. The summed E-state index contributed by atoms with van der Waals surface area (Å²) in [5.41, 5.74) is -0.490. The molecule has 0 spiro atoms. The van der Waals surface area contributed by atoms with E-state index in [4.69, 9.17) is 0 Å². The van der Waals surface area contributed by atoms with E-state index in [1.165, 1.54) is 24.3 Å². The van der Waals surface area contributed by atoms with Gasteiger partial charge in [0, 0.05) is 0 Å². The van der Waals surface area contributed by atoms with Gasteiger partial charge in [-0.1, -0.05) is 50.5 Å². The highest BCUT2D eigenvalue weighted by molar-refractivity contribution is 7.92. The van der Waals surface area contributed by atoms with Gasteiger partial charge in [0.1, 0.15) is 0 Å². The molecule has 2 rings (SSSR count). The molecule has 2 aromatic carbocycles. The predicted octanol–water partition coefficient (Wildman–Crippen LogP) is 5.63. The Hall–Kier alpha value is -2.02. The lowest BCUT2D eigenvalue weighted by atomic mass is 10.1. The van der Waals surface area contributed by atoms with Crippen LogP contribution in [0.2, 0.25) is 0 Å². The number of aryl methyl sites for hydroxylation is 1. The number of hydrogen-bond acceptors (Lipinski definition) is 2. The Balaban J connectivity index is 2.14. The summed E-state index contributed by atoms with van der Waals surface area (Å²) >= 11 is 0. The number of para-hydroxylation sites is 1. The van der Waals surface area contributed by atoms with E-state index in [0.717, 1.165) is 49.8 Å². The van der Waals surface area contributed by atoms with E-state index in [9.17, 15) is 21.6 Å². The molecule has 7 heteroatoms. The topological polar surface area (TPSA) is 46.2 Å². The van der Waals surface area contributed by atoms with Crippen LogP contribution in [0.15, 0.2) is 53.4 Å². The van der Waals surface area contributed by atoms with Crippen molar-refractivity contribution < 1.29 is 21.6 Å². The Bertz CT molecular complexity index is 815. The molecule has 0 aliphatic rings. The first-order chi connectivity index (χ1) is 12.2. The minimum atomic E-state index is -4.64. The molecule has 0 saturated carbocycles. The molecule has 0 heterocycles. The van der Waals surface area contributed by atoms with E-state index in [0.29, 0.717) is 0 Å². The number of benzene rings is 2. The van der Waals surface area contributed by atoms with Gasteiger partial charge in [-0.3, -0.25) is 4.72 Å². The summed E-state index contributed by atoms with van der Waals surface area (Å²) in [6.07, 6.45) is 0.660. The van der Waals surface area contributed by atoms with Crippen molar-refractivity contribution in [1.82, 2.24) is 0 Å². The average Bonchev–Trinajstić information content (AvgIpc) is 2.58. The number of anilines is 1. The first kappa shape index (κ1) is 20.3. The minimum absolute atomic E-state index is 0.0632. The van der Waals surface area contributed by atoms with Gasteiger partial charge in [0.25, 0.3) is 10.0 Å². The van der Waals surface area contributed by atoms with Crippen molar-refractivity contribution in [2.24, 2.45) is 0 Å². The molecule has 1 N–H and O–H groups in total. The molecule has 26 heavy (non-hydrogen) atoms. The molecular weight excluding hydrogens is 363 g/mol. The quantitative estimate of drug-likeness (QED) is 0.599. The molecule has 0 bridgehead atoms. The first-order valence-corrected chi connectivity index (χ1v) is 10.0. The molecule has 0 aromatic heterocycles. The van der Waals surface area contributed by atoms with Gasteiger partial charge in [-0.05, 0) is 42.7 Å². The van der Waals surface area contributed by atoms with E-state index in [-0.39, 0.29) is 4.90 Å². The second kappa shape index (κ2) is 8.58.